The lowest BCUT2D eigenvalue weighted by Crippen LogP contribution is -2.54. The smallest absolute Gasteiger partial charge is 0.321 e. The molecule has 0 aliphatic carbocycles. The third-order valence-electron chi connectivity index (χ3n) is 4.90. The minimum Gasteiger partial charge on any atom is -0.365 e. The van der Waals surface area contributed by atoms with Gasteiger partial charge >= 0.3 is 6.03 Å². The number of carbonyl (C=O) groups is 1. The zero-order chi connectivity index (χ0) is 18.0. The van der Waals surface area contributed by atoms with Crippen molar-refractivity contribution in [2.75, 3.05) is 29.9 Å². The van der Waals surface area contributed by atoms with E-state index in [2.05, 4.69) is 61.3 Å². The van der Waals surface area contributed by atoms with Crippen LogP contribution in [0.4, 0.5) is 16.2 Å². The number of hydrogen-bond donors (Lipinski definition) is 1. The fraction of sp³-hybridized carbons (Fsp3) is 0.381. The molecule has 0 bridgehead atoms. The van der Waals surface area contributed by atoms with Crippen LogP contribution in [0.25, 0.3) is 0 Å². The molecule has 1 fully saturated rings. The molecule has 25 heavy (non-hydrogen) atoms. The molecular formula is C21H27N3O. The van der Waals surface area contributed by atoms with E-state index in [-0.39, 0.29) is 6.03 Å². The Balaban J connectivity index is 1.64. The highest BCUT2D eigenvalue weighted by Crippen LogP contribution is 2.22. The summed E-state index contributed by atoms with van der Waals surface area (Å²) in [4.78, 5) is 16.9. The third-order valence-corrected chi connectivity index (χ3v) is 4.90. The number of benzene rings is 2. The molecule has 1 aliphatic heterocycles. The first-order chi connectivity index (χ1) is 11.9. The van der Waals surface area contributed by atoms with E-state index in [1.165, 1.54) is 16.8 Å². The molecule has 2 amide bonds. The summed E-state index contributed by atoms with van der Waals surface area (Å²) in [6, 6.07) is 15.0. The highest BCUT2D eigenvalue weighted by atomic mass is 16.2. The van der Waals surface area contributed by atoms with Crippen LogP contribution in [0, 0.1) is 20.8 Å². The van der Waals surface area contributed by atoms with Crippen molar-refractivity contribution in [2.45, 2.75) is 33.7 Å². The van der Waals surface area contributed by atoms with Gasteiger partial charge in [0.15, 0.2) is 0 Å². The average Bonchev–Trinajstić information content (AvgIpc) is 2.58. The number of piperazine rings is 1. The largest absolute Gasteiger partial charge is 0.365 e. The van der Waals surface area contributed by atoms with Crippen LogP contribution in [0.3, 0.4) is 0 Å². The number of anilines is 2. The van der Waals surface area contributed by atoms with Gasteiger partial charge in [0.25, 0.3) is 0 Å². The van der Waals surface area contributed by atoms with Gasteiger partial charge in [0.2, 0.25) is 0 Å². The summed E-state index contributed by atoms with van der Waals surface area (Å²) in [6.07, 6.45) is 0. The topological polar surface area (TPSA) is 35.6 Å². The standard InChI is InChI=1S/C21H27N3O/c1-15-5-8-19(9-6-15)24-12-11-23(14-18(24)4)21(25)22-20-10-7-16(2)13-17(20)3/h5-10,13,18H,11-12,14H2,1-4H3,(H,22,25)/t18-/m0/s1. The van der Waals surface area contributed by atoms with Crippen LogP contribution in [0.5, 0.6) is 0 Å². The van der Waals surface area contributed by atoms with Crippen LogP contribution in [-0.2, 0) is 0 Å². The van der Waals surface area contributed by atoms with Crippen molar-refractivity contribution >= 4 is 17.4 Å². The molecule has 132 valence electrons. The van der Waals surface area contributed by atoms with Crippen LogP contribution in [0.1, 0.15) is 23.6 Å². The van der Waals surface area contributed by atoms with Crippen LogP contribution in [0.2, 0.25) is 0 Å². The highest BCUT2D eigenvalue weighted by Gasteiger charge is 2.27. The van der Waals surface area contributed by atoms with Crippen LogP contribution < -0.4 is 10.2 Å². The Morgan fingerprint density at radius 3 is 2.32 bits per heavy atom. The molecule has 1 atom stereocenters. The highest BCUT2D eigenvalue weighted by molar-refractivity contribution is 5.90. The third kappa shape index (κ3) is 3.95. The minimum atomic E-state index is -0.0117. The second kappa shape index (κ2) is 7.18. The van der Waals surface area contributed by atoms with Crippen molar-refractivity contribution in [3.8, 4) is 0 Å². The van der Waals surface area contributed by atoms with Crippen molar-refractivity contribution in [2.24, 2.45) is 0 Å². The number of urea groups is 1. The van der Waals surface area contributed by atoms with Crippen LogP contribution in [-0.4, -0.2) is 36.6 Å². The van der Waals surface area contributed by atoms with Gasteiger partial charge in [0.05, 0.1) is 0 Å². The van der Waals surface area contributed by atoms with Crippen molar-refractivity contribution in [1.29, 1.82) is 0 Å². The Morgan fingerprint density at radius 2 is 1.68 bits per heavy atom. The van der Waals surface area contributed by atoms with E-state index < -0.39 is 0 Å². The van der Waals surface area contributed by atoms with Gasteiger partial charge in [-0.3, -0.25) is 0 Å². The molecule has 0 radical (unpaired) electrons. The van der Waals surface area contributed by atoms with E-state index in [4.69, 9.17) is 0 Å². The van der Waals surface area contributed by atoms with Gasteiger partial charge in [-0.1, -0.05) is 35.4 Å². The molecule has 1 heterocycles. The zero-order valence-electron chi connectivity index (χ0n) is 15.5. The molecule has 4 nitrogen and oxygen atoms in total. The maximum absolute atomic E-state index is 12.6. The molecule has 2 aromatic rings. The number of hydrogen-bond acceptors (Lipinski definition) is 2. The zero-order valence-corrected chi connectivity index (χ0v) is 15.5. The lowest BCUT2D eigenvalue weighted by molar-refractivity contribution is 0.200. The van der Waals surface area contributed by atoms with Crippen molar-refractivity contribution in [1.82, 2.24) is 4.90 Å². The monoisotopic (exact) mass is 337 g/mol. The number of aryl methyl sites for hydroxylation is 3. The molecule has 0 unspecified atom stereocenters. The average molecular weight is 337 g/mol. The lowest BCUT2D eigenvalue weighted by Gasteiger charge is -2.41. The molecule has 0 spiro atoms. The number of carbonyl (C=O) groups excluding carboxylic acids is 1. The summed E-state index contributed by atoms with van der Waals surface area (Å²) in [5.41, 5.74) is 5.69. The molecule has 1 saturated heterocycles. The predicted octanol–water partition coefficient (Wildman–Crippen LogP) is 4.35. The Hall–Kier alpha value is -2.49. The second-order valence-corrected chi connectivity index (χ2v) is 7.07. The van der Waals surface area contributed by atoms with E-state index in [0.717, 1.165) is 30.9 Å². The van der Waals surface area contributed by atoms with Crippen LogP contribution in [0.15, 0.2) is 42.5 Å². The summed E-state index contributed by atoms with van der Waals surface area (Å²) in [6.45, 7) is 10.7. The number of amides is 2. The van der Waals surface area contributed by atoms with Crippen LogP contribution >= 0.6 is 0 Å². The van der Waals surface area contributed by atoms with Gasteiger partial charge in [0.1, 0.15) is 0 Å². The van der Waals surface area contributed by atoms with Gasteiger partial charge in [-0.2, -0.15) is 0 Å². The first-order valence-corrected chi connectivity index (χ1v) is 8.90. The number of nitrogens with zero attached hydrogens (tertiary/aromatic N) is 2. The summed E-state index contributed by atoms with van der Waals surface area (Å²) in [7, 11) is 0. The van der Waals surface area contributed by atoms with Crippen molar-refractivity contribution in [3.63, 3.8) is 0 Å². The van der Waals surface area contributed by atoms with Gasteiger partial charge < -0.3 is 15.1 Å². The fourth-order valence-corrected chi connectivity index (χ4v) is 3.41. The lowest BCUT2D eigenvalue weighted by atomic mass is 10.1. The summed E-state index contributed by atoms with van der Waals surface area (Å²) >= 11 is 0. The van der Waals surface area contributed by atoms with E-state index in [0.29, 0.717) is 6.04 Å². The van der Waals surface area contributed by atoms with E-state index >= 15 is 0 Å². The van der Waals surface area contributed by atoms with E-state index in [9.17, 15) is 4.79 Å². The summed E-state index contributed by atoms with van der Waals surface area (Å²) in [5, 5.41) is 3.06. The van der Waals surface area contributed by atoms with E-state index in [1.807, 2.05) is 24.0 Å². The molecule has 0 saturated carbocycles. The molecule has 0 aromatic heterocycles. The van der Waals surface area contributed by atoms with Gasteiger partial charge in [0, 0.05) is 37.1 Å². The normalized spacial score (nSPS) is 17.5. The maximum atomic E-state index is 12.6. The molecular weight excluding hydrogens is 310 g/mol. The predicted molar refractivity (Wildman–Crippen MR) is 104 cm³/mol. The molecule has 1 N–H and O–H groups in total. The number of nitrogens with one attached hydrogen (secondary N) is 1. The van der Waals surface area contributed by atoms with Gasteiger partial charge in [-0.05, 0) is 51.5 Å². The maximum Gasteiger partial charge on any atom is 0.321 e. The molecule has 3 rings (SSSR count). The van der Waals surface area contributed by atoms with Gasteiger partial charge in [-0.25, -0.2) is 4.79 Å². The first-order valence-electron chi connectivity index (χ1n) is 8.90. The Labute approximate surface area is 150 Å². The second-order valence-electron chi connectivity index (χ2n) is 7.07. The van der Waals surface area contributed by atoms with Crippen molar-refractivity contribution in [3.05, 3.63) is 59.2 Å². The summed E-state index contributed by atoms with van der Waals surface area (Å²) in [5.74, 6) is 0. The van der Waals surface area contributed by atoms with E-state index in [1.54, 1.807) is 0 Å². The minimum absolute atomic E-state index is 0.0117. The SMILES string of the molecule is Cc1ccc(N2CCN(C(=O)Nc3ccc(C)cc3C)C[C@@H]2C)cc1. The Morgan fingerprint density at radius 1 is 1.00 bits per heavy atom. The summed E-state index contributed by atoms with van der Waals surface area (Å²) < 4.78 is 0. The van der Waals surface area contributed by atoms with Crippen molar-refractivity contribution < 1.29 is 4.79 Å². The Bertz CT molecular complexity index is 754. The Kier molecular flexibility index (Phi) is 4.98. The number of rotatable bonds is 2. The fourth-order valence-electron chi connectivity index (χ4n) is 3.41. The molecule has 4 heteroatoms. The molecule has 1 aliphatic rings. The quantitative estimate of drug-likeness (QED) is 0.884. The molecule has 2 aromatic carbocycles. The van der Waals surface area contributed by atoms with Gasteiger partial charge in [-0.15, -0.1) is 0 Å². The first kappa shape index (κ1) is 17.3.